The molecule has 1 aromatic carbocycles. The van der Waals surface area contributed by atoms with Gasteiger partial charge in [-0.25, -0.2) is 5.43 Å². The highest BCUT2D eigenvalue weighted by Gasteiger charge is 2.45. The van der Waals surface area contributed by atoms with Crippen molar-refractivity contribution in [3.05, 3.63) is 33.8 Å². The molecule has 1 aliphatic carbocycles. The van der Waals surface area contributed by atoms with Crippen LogP contribution in [0, 0.1) is 11.8 Å². The number of aliphatic carboxylic acids is 1. The van der Waals surface area contributed by atoms with Crippen molar-refractivity contribution in [3.8, 4) is 0 Å². The van der Waals surface area contributed by atoms with E-state index >= 15 is 0 Å². The van der Waals surface area contributed by atoms with E-state index in [9.17, 15) is 9.90 Å². The van der Waals surface area contributed by atoms with Crippen LogP contribution in [0.3, 0.4) is 0 Å². The van der Waals surface area contributed by atoms with Crippen molar-refractivity contribution in [1.29, 1.82) is 0 Å². The molecule has 4 nitrogen and oxygen atoms in total. The smallest absolute Gasteiger partial charge is 0.308 e. The van der Waals surface area contributed by atoms with Crippen LogP contribution in [0.5, 0.6) is 0 Å². The summed E-state index contributed by atoms with van der Waals surface area (Å²) in [6.07, 6.45) is 2.69. The number of hydrazine groups is 1. The molecule has 0 spiro atoms. The van der Waals surface area contributed by atoms with Gasteiger partial charge >= 0.3 is 5.97 Å². The van der Waals surface area contributed by atoms with E-state index in [2.05, 4.69) is 10.9 Å². The second kappa shape index (κ2) is 5.53. The maximum atomic E-state index is 11.3. The fourth-order valence-electron chi connectivity index (χ4n) is 3.42. The number of hydrogen-bond acceptors (Lipinski definition) is 3. The van der Waals surface area contributed by atoms with Crippen LogP contribution >= 0.6 is 23.2 Å². The number of fused-ring (bicyclic) bond motifs is 1. The molecule has 3 rings (SSSR count). The summed E-state index contributed by atoms with van der Waals surface area (Å²) in [5.41, 5.74) is 7.44. The van der Waals surface area contributed by atoms with Gasteiger partial charge in [0, 0.05) is 6.04 Å². The van der Waals surface area contributed by atoms with Crippen LogP contribution in [-0.4, -0.2) is 17.1 Å². The number of rotatable bonds is 2. The molecule has 1 aromatic rings. The maximum absolute atomic E-state index is 11.3. The van der Waals surface area contributed by atoms with Crippen molar-refractivity contribution in [3.63, 3.8) is 0 Å². The number of carbonyl (C=O) groups is 1. The highest BCUT2D eigenvalue weighted by atomic mass is 35.5. The predicted molar refractivity (Wildman–Crippen MR) is 77.7 cm³/mol. The fraction of sp³-hybridized carbons (Fsp3) is 0.500. The normalized spacial score (nSPS) is 32.9. The first-order valence-electron chi connectivity index (χ1n) is 6.76. The quantitative estimate of drug-likeness (QED) is 0.785. The molecule has 108 valence electrons. The lowest BCUT2D eigenvalue weighted by molar-refractivity contribution is -0.144. The Hall–Kier alpha value is -0.810. The van der Waals surface area contributed by atoms with Gasteiger partial charge in [-0.15, -0.1) is 0 Å². The van der Waals surface area contributed by atoms with Crippen LogP contribution in [0.4, 0.5) is 0 Å². The summed E-state index contributed by atoms with van der Waals surface area (Å²) in [7, 11) is 0. The lowest BCUT2D eigenvalue weighted by atomic mass is 9.74. The lowest BCUT2D eigenvalue weighted by Gasteiger charge is -2.32. The Morgan fingerprint density at radius 1 is 1.20 bits per heavy atom. The zero-order chi connectivity index (χ0) is 14.3. The summed E-state index contributed by atoms with van der Waals surface area (Å²) in [5.74, 6) is -0.778. The minimum absolute atomic E-state index is 0.0271. The second-order valence-electron chi connectivity index (χ2n) is 5.51. The van der Waals surface area contributed by atoms with E-state index in [1.165, 1.54) is 0 Å². The zero-order valence-electron chi connectivity index (χ0n) is 10.8. The molecule has 20 heavy (non-hydrogen) atoms. The van der Waals surface area contributed by atoms with Gasteiger partial charge < -0.3 is 5.11 Å². The Kier molecular flexibility index (Phi) is 3.91. The molecule has 0 amide bonds. The summed E-state index contributed by atoms with van der Waals surface area (Å²) in [6, 6.07) is 5.64. The van der Waals surface area contributed by atoms with Gasteiger partial charge in [0.2, 0.25) is 0 Å². The summed E-state index contributed by atoms with van der Waals surface area (Å²) in [5, 5.41) is 10.4. The molecule has 0 aromatic heterocycles. The van der Waals surface area contributed by atoms with Crippen LogP contribution in [0.2, 0.25) is 10.0 Å². The Morgan fingerprint density at radius 2 is 2.00 bits per heavy atom. The number of hydrogen-bond donors (Lipinski definition) is 3. The topological polar surface area (TPSA) is 61.4 Å². The highest BCUT2D eigenvalue weighted by molar-refractivity contribution is 6.42. The molecule has 0 radical (unpaired) electrons. The molecule has 0 bridgehead atoms. The third kappa shape index (κ3) is 2.42. The summed E-state index contributed by atoms with van der Waals surface area (Å²) in [6.45, 7) is 0. The third-order valence-electron chi connectivity index (χ3n) is 4.40. The van der Waals surface area contributed by atoms with Crippen LogP contribution in [-0.2, 0) is 4.79 Å². The monoisotopic (exact) mass is 314 g/mol. The van der Waals surface area contributed by atoms with Gasteiger partial charge in [-0.05, 0) is 36.5 Å². The minimum atomic E-state index is -0.719. The van der Waals surface area contributed by atoms with Crippen molar-refractivity contribution < 1.29 is 9.90 Å². The molecule has 2 fully saturated rings. The molecule has 1 saturated heterocycles. The van der Waals surface area contributed by atoms with Crippen molar-refractivity contribution in [2.45, 2.75) is 31.3 Å². The largest absolute Gasteiger partial charge is 0.481 e. The molecule has 6 heteroatoms. The van der Waals surface area contributed by atoms with Crippen LogP contribution < -0.4 is 10.9 Å². The molecule has 3 N–H and O–H groups in total. The van der Waals surface area contributed by atoms with Gasteiger partial charge in [-0.1, -0.05) is 35.7 Å². The van der Waals surface area contributed by atoms with Gasteiger partial charge in [0.05, 0.1) is 22.0 Å². The third-order valence-corrected chi connectivity index (χ3v) is 5.14. The van der Waals surface area contributed by atoms with E-state index in [4.69, 9.17) is 23.2 Å². The highest BCUT2D eigenvalue weighted by Crippen LogP contribution is 2.41. The Balaban J connectivity index is 1.86. The Morgan fingerprint density at radius 3 is 2.70 bits per heavy atom. The van der Waals surface area contributed by atoms with Gasteiger partial charge in [-0.3, -0.25) is 10.2 Å². The first-order valence-corrected chi connectivity index (χ1v) is 7.52. The Labute approximate surface area is 127 Å². The molecule has 1 saturated carbocycles. The first kappa shape index (κ1) is 14.1. The van der Waals surface area contributed by atoms with Gasteiger partial charge in [0.25, 0.3) is 0 Å². The molecule has 1 aliphatic heterocycles. The van der Waals surface area contributed by atoms with Gasteiger partial charge in [0.1, 0.15) is 0 Å². The van der Waals surface area contributed by atoms with E-state index < -0.39 is 5.97 Å². The zero-order valence-corrected chi connectivity index (χ0v) is 12.3. The van der Waals surface area contributed by atoms with Crippen LogP contribution in [0.15, 0.2) is 18.2 Å². The fourth-order valence-corrected chi connectivity index (χ4v) is 3.73. The Bertz CT molecular complexity index is 538. The van der Waals surface area contributed by atoms with E-state index in [-0.39, 0.29) is 23.9 Å². The molecule has 1 heterocycles. The summed E-state index contributed by atoms with van der Waals surface area (Å²) < 4.78 is 0. The standard InChI is InChI=1S/C14H16Cl2N2O2/c15-10-5-4-7(6-11(10)16)12-8-2-1-3-9(14(19)20)13(8)18-17-12/h4-6,8-9,12-13,17-18H,1-3H2,(H,19,20). The van der Waals surface area contributed by atoms with Crippen LogP contribution in [0.1, 0.15) is 30.9 Å². The maximum Gasteiger partial charge on any atom is 0.308 e. The molecule has 4 unspecified atom stereocenters. The number of halogens is 2. The minimum Gasteiger partial charge on any atom is -0.481 e. The van der Waals surface area contributed by atoms with Crippen molar-refractivity contribution in [2.24, 2.45) is 11.8 Å². The average molecular weight is 315 g/mol. The lowest BCUT2D eigenvalue weighted by Crippen LogP contribution is -2.43. The first-order chi connectivity index (χ1) is 9.58. The summed E-state index contributed by atoms with van der Waals surface area (Å²) >= 11 is 12.0. The van der Waals surface area contributed by atoms with Crippen molar-refractivity contribution >= 4 is 29.2 Å². The van der Waals surface area contributed by atoms with E-state index in [0.29, 0.717) is 10.0 Å². The average Bonchev–Trinajstić information content (AvgIpc) is 2.85. The number of carboxylic acid groups (broad SMARTS) is 1. The van der Waals surface area contributed by atoms with E-state index in [1.807, 2.05) is 12.1 Å². The number of benzene rings is 1. The number of nitrogens with one attached hydrogen (secondary N) is 2. The van der Waals surface area contributed by atoms with E-state index in [1.54, 1.807) is 6.07 Å². The van der Waals surface area contributed by atoms with Gasteiger partial charge in [-0.2, -0.15) is 0 Å². The molecule has 2 aliphatic rings. The van der Waals surface area contributed by atoms with Gasteiger partial charge in [0.15, 0.2) is 0 Å². The van der Waals surface area contributed by atoms with Crippen molar-refractivity contribution in [2.75, 3.05) is 0 Å². The predicted octanol–water partition coefficient (Wildman–Crippen LogP) is 3.01. The molecular weight excluding hydrogens is 299 g/mol. The molecule has 4 atom stereocenters. The SMILES string of the molecule is O=C(O)C1CCCC2C(c3ccc(Cl)c(Cl)c3)NNC12. The van der Waals surface area contributed by atoms with Crippen molar-refractivity contribution in [1.82, 2.24) is 10.9 Å². The van der Waals surface area contributed by atoms with Crippen LogP contribution in [0.25, 0.3) is 0 Å². The molecular formula is C14H16Cl2N2O2. The number of carboxylic acids is 1. The van der Waals surface area contributed by atoms with E-state index in [0.717, 1.165) is 24.8 Å². The second-order valence-corrected chi connectivity index (χ2v) is 6.32. The summed E-state index contributed by atoms with van der Waals surface area (Å²) in [4.78, 5) is 11.3.